The third-order valence-corrected chi connectivity index (χ3v) is 2.78. The van der Waals surface area contributed by atoms with Crippen molar-refractivity contribution in [1.29, 1.82) is 0 Å². The highest BCUT2D eigenvalue weighted by Crippen LogP contribution is 2.23. The van der Waals surface area contributed by atoms with E-state index in [1.807, 2.05) is 0 Å². The fraction of sp³-hybridized carbons (Fsp3) is 0.333. The minimum absolute atomic E-state index is 0.0375. The highest BCUT2D eigenvalue weighted by molar-refractivity contribution is 5.66. The maximum Gasteiger partial charge on any atom is 0.303 e. The number of hydrogen-bond acceptors (Lipinski definition) is 4. The van der Waals surface area contributed by atoms with Gasteiger partial charge in [0.25, 0.3) is 0 Å². The number of tetrazole rings is 1. The van der Waals surface area contributed by atoms with Crippen LogP contribution in [-0.4, -0.2) is 31.3 Å². The number of aryl methyl sites for hydroxylation is 2. The van der Waals surface area contributed by atoms with Gasteiger partial charge in [0.15, 0.2) is 5.82 Å². The van der Waals surface area contributed by atoms with Crippen molar-refractivity contribution in [1.82, 2.24) is 20.2 Å². The molecule has 0 fully saturated rings. The predicted molar refractivity (Wildman–Crippen MR) is 64.8 cm³/mol. The van der Waals surface area contributed by atoms with Gasteiger partial charge in [-0.15, -0.1) is 5.10 Å². The summed E-state index contributed by atoms with van der Waals surface area (Å²) in [4.78, 5) is 10.5. The molecule has 0 unspecified atom stereocenters. The standard InChI is InChI=1S/C12H12F2N4O2/c1-7-5-8(10(14)6-9(7)13)12-15-16-17-18(12)4-2-3-11(19)20/h5-6H,2-4H2,1H3,(H,19,20). The lowest BCUT2D eigenvalue weighted by Crippen LogP contribution is -2.06. The number of carboxylic acid groups (broad SMARTS) is 1. The van der Waals surface area contributed by atoms with Gasteiger partial charge in [-0.1, -0.05) is 0 Å². The molecule has 0 aliphatic heterocycles. The molecule has 106 valence electrons. The van der Waals surface area contributed by atoms with Crippen LogP contribution < -0.4 is 0 Å². The Hall–Kier alpha value is -2.38. The Balaban J connectivity index is 2.28. The molecule has 1 aromatic heterocycles. The van der Waals surface area contributed by atoms with Gasteiger partial charge in [0.05, 0.1) is 5.56 Å². The molecule has 0 bridgehead atoms. The summed E-state index contributed by atoms with van der Waals surface area (Å²) in [5.41, 5.74) is 0.366. The molecule has 0 radical (unpaired) electrons. The minimum Gasteiger partial charge on any atom is -0.481 e. The molecule has 8 heteroatoms. The molecular weight excluding hydrogens is 270 g/mol. The van der Waals surface area contributed by atoms with Crippen LogP contribution in [0.4, 0.5) is 8.78 Å². The number of nitrogens with zero attached hydrogens (tertiary/aromatic N) is 4. The van der Waals surface area contributed by atoms with Crippen molar-refractivity contribution in [2.75, 3.05) is 0 Å². The molecule has 0 aliphatic carbocycles. The average molecular weight is 282 g/mol. The van der Waals surface area contributed by atoms with E-state index in [9.17, 15) is 13.6 Å². The van der Waals surface area contributed by atoms with E-state index in [0.717, 1.165) is 6.07 Å². The number of hydrogen-bond donors (Lipinski definition) is 1. The van der Waals surface area contributed by atoms with Crippen molar-refractivity contribution in [2.45, 2.75) is 26.3 Å². The molecule has 20 heavy (non-hydrogen) atoms. The van der Waals surface area contributed by atoms with Gasteiger partial charge in [-0.3, -0.25) is 4.79 Å². The highest BCUT2D eigenvalue weighted by atomic mass is 19.1. The molecule has 2 aromatic rings. The van der Waals surface area contributed by atoms with Crippen LogP contribution in [0.15, 0.2) is 12.1 Å². The van der Waals surface area contributed by atoms with E-state index in [1.165, 1.54) is 17.7 Å². The smallest absolute Gasteiger partial charge is 0.303 e. The first kappa shape index (κ1) is 14.0. The summed E-state index contributed by atoms with van der Waals surface area (Å²) in [6.45, 7) is 1.75. The van der Waals surface area contributed by atoms with Crippen LogP contribution in [0.3, 0.4) is 0 Å². The zero-order valence-electron chi connectivity index (χ0n) is 10.7. The lowest BCUT2D eigenvalue weighted by molar-refractivity contribution is -0.137. The van der Waals surface area contributed by atoms with Crippen molar-refractivity contribution in [3.8, 4) is 11.4 Å². The average Bonchev–Trinajstić information content (AvgIpc) is 2.81. The van der Waals surface area contributed by atoms with Gasteiger partial charge < -0.3 is 5.11 Å². The highest BCUT2D eigenvalue weighted by Gasteiger charge is 2.16. The Kier molecular flexibility index (Phi) is 4.02. The maximum atomic E-state index is 13.8. The van der Waals surface area contributed by atoms with E-state index in [1.54, 1.807) is 0 Å². The van der Waals surface area contributed by atoms with Crippen LogP contribution in [0, 0.1) is 18.6 Å². The third kappa shape index (κ3) is 2.95. The van der Waals surface area contributed by atoms with E-state index in [4.69, 9.17) is 5.11 Å². The van der Waals surface area contributed by atoms with Crippen LogP contribution in [-0.2, 0) is 11.3 Å². The first-order valence-corrected chi connectivity index (χ1v) is 5.93. The second-order valence-corrected chi connectivity index (χ2v) is 4.30. The molecule has 0 atom stereocenters. The summed E-state index contributed by atoms with van der Waals surface area (Å²) >= 11 is 0. The molecule has 0 aliphatic rings. The van der Waals surface area contributed by atoms with Crippen molar-refractivity contribution in [3.63, 3.8) is 0 Å². The molecule has 1 heterocycles. The number of aliphatic carboxylic acids is 1. The molecule has 1 N–H and O–H groups in total. The zero-order valence-corrected chi connectivity index (χ0v) is 10.7. The Morgan fingerprint density at radius 2 is 2.10 bits per heavy atom. The maximum absolute atomic E-state index is 13.8. The third-order valence-electron chi connectivity index (χ3n) is 2.78. The van der Waals surface area contributed by atoms with Crippen LogP contribution in [0.1, 0.15) is 18.4 Å². The number of halogens is 2. The lowest BCUT2D eigenvalue weighted by atomic mass is 10.1. The Morgan fingerprint density at radius 1 is 1.35 bits per heavy atom. The largest absolute Gasteiger partial charge is 0.481 e. The van der Waals surface area contributed by atoms with Gasteiger partial charge in [-0.25, -0.2) is 13.5 Å². The lowest BCUT2D eigenvalue weighted by Gasteiger charge is -2.06. The van der Waals surface area contributed by atoms with Crippen molar-refractivity contribution in [3.05, 3.63) is 29.3 Å². The Labute approximate surface area is 113 Å². The van der Waals surface area contributed by atoms with Crippen molar-refractivity contribution >= 4 is 5.97 Å². The van der Waals surface area contributed by atoms with Gasteiger partial charge in [-0.2, -0.15) is 0 Å². The van der Waals surface area contributed by atoms with Crippen LogP contribution in [0.2, 0.25) is 0 Å². The summed E-state index contributed by atoms with van der Waals surface area (Å²) in [7, 11) is 0. The molecule has 6 nitrogen and oxygen atoms in total. The first-order chi connectivity index (χ1) is 9.49. The van der Waals surface area contributed by atoms with E-state index in [0.29, 0.717) is 6.42 Å². The summed E-state index contributed by atoms with van der Waals surface area (Å²) < 4.78 is 28.3. The molecular formula is C12H12F2N4O2. The first-order valence-electron chi connectivity index (χ1n) is 5.93. The van der Waals surface area contributed by atoms with Crippen LogP contribution >= 0.6 is 0 Å². The normalized spacial score (nSPS) is 10.8. The topological polar surface area (TPSA) is 80.9 Å². The van der Waals surface area contributed by atoms with E-state index in [2.05, 4.69) is 15.5 Å². The zero-order chi connectivity index (χ0) is 14.7. The summed E-state index contributed by atoms with van der Waals surface area (Å²) in [5, 5.41) is 19.4. The van der Waals surface area contributed by atoms with Gasteiger partial charge in [0.2, 0.25) is 0 Å². The second-order valence-electron chi connectivity index (χ2n) is 4.30. The van der Waals surface area contributed by atoms with Crippen LogP contribution in [0.25, 0.3) is 11.4 Å². The summed E-state index contributed by atoms with van der Waals surface area (Å²) in [6, 6.07) is 2.10. The van der Waals surface area contributed by atoms with Crippen molar-refractivity contribution < 1.29 is 18.7 Å². The number of carbonyl (C=O) groups is 1. The molecule has 1 aromatic carbocycles. The van der Waals surface area contributed by atoms with Gasteiger partial charge >= 0.3 is 5.97 Å². The molecule has 0 saturated carbocycles. The molecule has 0 saturated heterocycles. The van der Waals surface area contributed by atoms with E-state index >= 15 is 0 Å². The Morgan fingerprint density at radius 3 is 2.80 bits per heavy atom. The van der Waals surface area contributed by atoms with E-state index < -0.39 is 17.6 Å². The molecule has 0 spiro atoms. The molecule has 2 rings (SSSR count). The monoisotopic (exact) mass is 282 g/mol. The van der Waals surface area contributed by atoms with Gasteiger partial charge in [-0.05, 0) is 35.4 Å². The fourth-order valence-corrected chi connectivity index (χ4v) is 1.76. The second kappa shape index (κ2) is 5.72. The number of benzene rings is 1. The Bertz CT molecular complexity index is 642. The van der Waals surface area contributed by atoms with E-state index in [-0.39, 0.29) is 29.9 Å². The van der Waals surface area contributed by atoms with Gasteiger partial charge in [0, 0.05) is 19.0 Å². The quantitative estimate of drug-likeness (QED) is 0.904. The summed E-state index contributed by atoms with van der Waals surface area (Å²) in [5.74, 6) is -2.18. The number of aromatic nitrogens is 4. The fourth-order valence-electron chi connectivity index (χ4n) is 1.76. The number of rotatable bonds is 5. The SMILES string of the molecule is Cc1cc(-c2nnnn2CCCC(=O)O)c(F)cc1F. The number of carboxylic acids is 1. The minimum atomic E-state index is -0.927. The van der Waals surface area contributed by atoms with Crippen LogP contribution in [0.5, 0.6) is 0 Å². The van der Waals surface area contributed by atoms with Gasteiger partial charge in [0.1, 0.15) is 11.6 Å². The predicted octanol–water partition coefficient (Wildman–Crippen LogP) is 1.79. The summed E-state index contributed by atoms with van der Waals surface area (Å²) in [6.07, 6.45) is 0.277. The molecule has 0 amide bonds. The van der Waals surface area contributed by atoms with Crippen molar-refractivity contribution in [2.24, 2.45) is 0 Å².